The van der Waals surface area contributed by atoms with Gasteiger partial charge in [0.05, 0.1) is 6.61 Å². The summed E-state index contributed by atoms with van der Waals surface area (Å²) in [6, 6.07) is 4.15. The van der Waals surface area contributed by atoms with Gasteiger partial charge < -0.3 is 9.84 Å². The molecule has 1 rings (SSSR count). The van der Waals surface area contributed by atoms with E-state index in [9.17, 15) is 9.18 Å². The minimum Gasteiger partial charge on any atom is -0.493 e. The summed E-state index contributed by atoms with van der Waals surface area (Å²) in [5.41, 5.74) is 0.471. The Bertz CT molecular complexity index is 413. The zero-order chi connectivity index (χ0) is 12.7. The number of hydrogen-bond acceptors (Lipinski definition) is 2. The van der Waals surface area contributed by atoms with Gasteiger partial charge >= 0.3 is 5.97 Å². The van der Waals surface area contributed by atoms with E-state index in [1.54, 1.807) is 6.07 Å². The van der Waals surface area contributed by atoms with E-state index < -0.39 is 11.8 Å². The maximum Gasteiger partial charge on any atom is 0.328 e. The molecule has 0 spiro atoms. The molecule has 0 amide bonds. The van der Waals surface area contributed by atoms with Gasteiger partial charge in [-0.15, -0.1) is 0 Å². The number of carbonyl (C=O) groups is 1. The lowest BCUT2D eigenvalue weighted by Crippen LogP contribution is -1.97. The Morgan fingerprint density at radius 1 is 1.47 bits per heavy atom. The van der Waals surface area contributed by atoms with Gasteiger partial charge in [0, 0.05) is 12.1 Å². The molecule has 1 N–H and O–H groups in total. The van der Waals surface area contributed by atoms with Crippen molar-refractivity contribution in [3.8, 4) is 5.75 Å². The molecule has 0 bridgehead atoms. The Labute approximate surface area is 99.5 Å². The molecule has 3 nitrogen and oxygen atoms in total. The van der Waals surface area contributed by atoms with E-state index in [2.05, 4.69) is 0 Å². The lowest BCUT2D eigenvalue weighted by molar-refractivity contribution is -0.131. The Morgan fingerprint density at radius 3 is 2.88 bits per heavy atom. The molecule has 0 atom stereocenters. The first-order valence-corrected chi connectivity index (χ1v) is 5.46. The van der Waals surface area contributed by atoms with Crippen molar-refractivity contribution >= 4 is 12.0 Å². The molecule has 0 fully saturated rings. The van der Waals surface area contributed by atoms with Gasteiger partial charge in [-0.25, -0.2) is 9.18 Å². The average molecular weight is 238 g/mol. The van der Waals surface area contributed by atoms with Crippen molar-refractivity contribution in [2.24, 2.45) is 0 Å². The summed E-state index contributed by atoms with van der Waals surface area (Å²) in [5.74, 6) is -1.09. The summed E-state index contributed by atoms with van der Waals surface area (Å²) >= 11 is 0. The number of unbranched alkanes of at least 4 members (excludes halogenated alkanes) is 1. The predicted molar refractivity (Wildman–Crippen MR) is 63.5 cm³/mol. The summed E-state index contributed by atoms with van der Waals surface area (Å²) in [6.07, 6.45) is 4.20. The van der Waals surface area contributed by atoms with Gasteiger partial charge in [-0.3, -0.25) is 0 Å². The van der Waals surface area contributed by atoms with Crippen molar-refractivity contribution < 1.29 is 19.0 Å². The van der Waals surface area contributed by atoms with Crippen LogP contribution in [0.2, 0.25) is 0 Å². The van der Waals surface area contributed by atoms with Gasteiger partial charge in [0.1, 0.15) is 11.6 Å². The molecule has 92 valence electrons. The van der Waals surface area contributed by atoms with Crippen molar-refractivity contribution in [3.05, 3.63) is 35.7 Å². The molecule has 0 heterocycles. The molecule has 17 heavy (non-hydrogen) atoms. The highest BCUT2D eigenvalue weighted by atomic mass is 19.1. The van der Waals surface area contributed by atoms with E-state index in [-0.39, 0.29) is 0 Å². The van der Waals surface area contributed by atoms with Crippen molar-refractivity contribution in [1.29, 1.82) is 0 Å². The van der Waals surface area contributed by atoms with Crippen LogP contribution in [0, 0.1) is 5.82 Å². The van der Waals surface area contributed by atoms with E-state index in [0.29, 0.717) is 17.9 Å². The topological polar surface area (TPSA) is 46.5 Å². The van der Waals surface area contributed by atoms with Crippen LogP contribution in [-0.4, -0.2) is 17.7 Å². The van der Waals surface area contributed by atoms with Crippen LogP contribution in [0.5, 0.6) is 5.75 Å². The second-order valence-electron chi connectivity index (χ2n) is 3.59. The quantitative estimate of drug-likeness (QED) is 0.612. The van der Waals surface area contributed by atoms with Crippen LogP contribution in [0.4, 0.5) is 4.39 Å². The fourth-order valence-electron chi connectivity index (χ4n) is 1.27. The second-order valence-corrected chi connectivity index (χ2v) is 3.59. The largest absolute Gasteiger partial charge is 0.493 e. The molecule has 4 heteroatoms. The normalized spacial score (nSPS) is 10.7. The summed E-state index contributed by atoms with van der Waals surface area (Å²) in [7, 11) is 0. The van der Waals surface area contributed by atoms with Crippen LogP contribution in [0.15, 0.2) is 24.3 Å². The monoisotopic (exact) mass is 238 g/mol. The number of halogens is 1. The highest BCUT2D eigenvalue weighted by molar-refractivity contribution is 5.85. The number of ether oxygens (including phenoxy) is 1. The van der Waals surface area contributed by atoms with Crippen LogP contribution in [0.1, 0.15) is 25.3 Å². The third kappa shape index (κ3) is 5.15. The van der Waals surface area contributed by atoms with Gasteiger partial charge in [0.25, 0.3) is 0 Å². The molecule has 0 aliphatic rings. The lowest BCUT2D eigenvalue weighted by Gasteiger charge is -2.06. The highest BCUT2D eigenvalue weighted by Gasteiger charge is 2.00. The minimum atomic E-state index is -1.07. The predicted octanol–water partition coefficient (Wildman–Crippen LogP) is 3.10. The Balaban J connectivity index is 2.75. The summed E-state index contributed by atoms with van der Waals surface area (Å²) in [4.78, 5) is 10.3. The summed E-state index contributed by atoms with van der Waals surface area (Å²) in [5, 5.41) is 8.47. The van der Waals surface area contributed by atoms with E-state index in [0.717, 1.165) is 18.9 Å². The van der Waals surface area contributed by atoms with Crippen LogP contribution in [-0.2, 0) is 4.79 Å². The third-order valence-electron chi connectivity index (χ3n) is 2.08. The van der Waals surface area contributed by atoms with E-state index in [1.165, 1.54) is 18.2 Å². The molecule has 0 saturated heterocycles. The van der Waals surface area contributed by atoms with Crippen molar-refractivity contribution in [3.63, 3.8) is 0 Å². The van der Waals surface area contributed by atoms with Gasteiger partial charge in [0.15, 0.2) is 0 Å². The van der Waals surface area contributed by atoms with E-state index >= 15 is 0 Å². The van der Waals surface area contributed by atoms with Gasteiger partial charge in [0.2, 0.25) is 0 Å². The SMILES string of the molecule is CCCCOc1cc(F)cc(/C=C/C(=O)O)c1. The Kier molecular flexibility index (Phi) is 5.20. The van der Waals surface area contributed by atoms with Crippen molar-refractivity contribution in [2.75, 3.05) is 6.61 Å². The zero-order valence-corrected chi connectivity index (χ0v) is 9.65. The summed E-state index contributed by atoms with van der Waals surface area (Å²) < 4.78 is 18.6. The average Bonchev–Trinajstić information content (AvgIpc) is 2.26. The van der Waals surface area contributed by atoms with E-state index in [1.807, 2.05) is 6.92 Å². The molecular formula is C13H15FO3. The molecule has 0 radical (unpaired) electrons. The minimum absolute atomic E-state index is 0.420. The lowest BCUT2D eigenvalue weighted by atomic mass is 10.2. The number of aliphatic carboxylic acids is 1. The number of carboxylic acids is 1. The second kappa shape index (κ2) is 6.68. The number of hydrogen-bond donors (Lipinski definition) is 1. The standard InChI is InChI=1S/C13H15FO3/c1-2-3-6-17-12-8-10(4-5-13(15)16)7-11(14)9-12/h4-5,7-9H,2-3,6H2,1H3,(H,15,16)/b5-4+. The first kappa shape index (κ1) is 13.2. The number of benzene rings is 1. The third-order valence-corrected chi connectivity index (χ3v) is 2.08. The first-order chi connectivity index (χ1) is 8.11. The molecule has 0 aromatic heterocycles. The molecule has 0 unspecified atom stereocenters. The van der Waals surface area contributed by atoms with E-state index in [4.69, 9.17) is 9.84 Å². The number of carboxylic acid groups (broad SMARTS) is 1. The van der Waals surface area contributed by atoms with Gasteiger partial charge in [-0.05, 0) is 30.2 Å². The molecule has 1 aromatic rings. The van der Waals surface area contributed by atoms with Crippen molar-refractivity contribution in [2.45, 2.75) is 19.8 Å². The zero-order valence-electron chi connectivity index (χ0n) is 9.65. The van der Waals surface area contributed by atoms with Gasteiger partial charge in [-0.2, -0.15) is 0 Å². The fourth-order valence-corrected chi connectivity index (χ4v) is 1.27. The van der Waals surface area contributed by atoms with Crippen LogP contribution < -0.4 is 4.74 Å². The smallest absolute Gasteiger partial charge is 0.328 e. The van der Waals surface area contributed by atoms with Crippen molar-refractivity contribution in [1.82, 2.24) is 0 Å². The first-order valence-electron chi connectivity index (χ1n) is 5.46. The maximum atomic E-state index is 13.2. The molecule has 0 aliphatic heterocycles. The molecular weight excluding hydrogens is 223 g/mol. The van der Waals surface area contributed by atoms with Gasteiger partial charge in [-0.1, -0.05) is 13.3 Å². The maximum absolute atomic E-state index is 13.2. The Morgan fingerprint density at radius 2 is 2.24 bits per heavy atom. The molecule has 0 aliphatic carbocycles. The van der Waals surface area contributed by atoms with Crippen LogP contribution in [0.25, 0.3) is 6.08 Å². The van der Waals surface area contributed by atoms with Crippen LogP contribution in [0.3, 0.4) is 0 Å². The molecule has 1 aromatic carbocycles. The number of rotatable bonds is 6. The fraction of sp³-hybridized carbons (Fsp3) is 0.308. The molecule has 0 saturated carbocycles. The van der Waals surface area contributed by atoms with Crippen LogP contribution >= 0.6 is 0 Å². The highest BCUT2D eigenvalue weighted by Crippen LogP contribution is 2.17. The Hall–Kier alpha value is -1.84. The summed E-state index contributed by atoms with van der Waals surface area (Å²) in [6.45, 7) is 2.57.